The van der Waals surface area contributed by atoms with Crippen molar-refractivity contribution < 1.29 is 4.74 Å². The number of ether oxygens (including phenoxy) is 1. The second-order valence-electron chi connectivity index (χ2n) is 7.08. The van der Waals surface area contributed by atoms with Crippen molar-refractivity contribution in [1.82, 2.24) is 5.32 Å². The molecule has 0 aromatic heterocycles. The van der Waals surface area contributed by atoms with E-state index in [1.54, 1.807) is 0 Å². The molecule has 0 bridgehead atoms. The van der Waals surface area contributed by atoms with E-state index in [9.17, 15) is 0 Å². The molecule has 0 spiro atoms. The quantitative estimate of drug-likeness (QED) is 0.722. The number of hydrogen-bond acceptors (Lipinski definition) is 2. The molecule has 2 atom stereocenters. The first-order valence-electron chi connectivity index (χ1n) is 8.35. The van der Waals surface area contributed by atoms with E-state index in [-0.39, 0.29) is 5.41 Å². The maximum Gasteiger partial charge on any atom is 0.0778 e. The lowest BCUT2D eigenvalue weighted by Gasteiger charge is -2.41. The fourth-order valence-electron chi connectivity index (χ4n) is 3.50. The first-order valence-corrected chi connectivity index (χ1v) is 8.35. The highest BCUT2D eigenvalue weighted by Crippen LogP contribution is 2.34. The molecule has 0 radical (unpaired) electrons. The lowest BCUT2D eigenvalue weighted by Crippen LogP contribution is -2.52. The average Bonchev–Trinajstić information content (AvgIpc) is 2.61. The van der Waals surface area contributed by atoms with Crippen LogP contribution in [0.25, 0.3) is 0 Å². The molecular formula is C17H35NO. The van der Waals surface area contributed by atoms with Crippen LogP contribution in [0.3, 0.4) is 0 Å². The largest absolute Gasteiger partial charge is 0.376 e. The minimum Gasteiger partial charge on any atom is -0.376 e. The van der Waals surface area contributed by atoms with E-state index in [0.29, 0.717) is 12.1 Å². The Morgan fingerprint density at radius 1 is 1.05 bits per heavy atom. The van der Waals surface area contributed by atoms with Gasteiger partial charge in [-0.05, 0) is 37.6 Å². The van der Waals surface area contributed by atoms with Crippen LogP contribution in [-0.4, -0.2) is 25.3 Å². The first kappa shape index (κ1) is 17.0. The summed E-state index contributed by atoms with van der Waals surface area (Å²) in [6.45, 7) is 13.1. The molecule has 1 rings (SSSR count). The minimum atomic E-state index is 0.204. The van der Waals surface area contributed by atoms with Crippen molar-refractivity contribution in [2.24, 2.45) is 11.3 Å². The Balaban J connectivity index is 2.81. The fraction of sp³-hybridized carbons (Fsp3) is 1.00. The molecule has 1 fully saturated rings. The van der Waals surface area contributed by atoms with Crippen molar-refractivity contribution in [3.8, 4) is 0 Å². The molecule has 0 aromatic rings. The smallest absolute Gasteiger partial charge is 0.0778 e. The second-order valence-corrected chi connectivity index (χ2v) is 7.08. The van der Waals surface area contributed by atoms with E-state index in [1.807, 2.05) is 0 Å². The van der Waals surface area contributed by atoms with E-state index in [2.05, 4.69) is 39.9 Å². The van der Waals surface area contributed by atoms with Crippen LogP contribution in [0.15, 0.2) is 0 Å². The predicted octanol–water partition coefficient (Wildman–Crippen LogP) is 4.39. The molecular weight excluding hydrogens is 234 g/mol. The van der Waals surface area contributed by atoms with Gasteiger partial charge in [-0.2, -0.15) is 0 Å². The second kappa shape index (κ2) is 8.26. The summed E-state index contributed by atoms with van der Waals surface area (Å²) in [4.78, 5) is 0. The minimum absolute atomic E-state index is 0.204. The van der Waals surface area contributed by atoms with Crippen molar-refractivity contribution >= 4 is 0 Å². The highest BCUT2D eigenvalue weighted by Gasteiger charge is 2.37. The van der Waals surface area contributed by atoms with Crippen molar-refractivity contribution in [3.05, 3.63) is 0 Å². The zero-order valence-electron chi connectivity index (χ0n) is 13.8. The SMILES string of the molecule is CCNC(C1CCCCCC1)C(OCC)C(C)(C)C. The fourth-order valence-corrected chi connectivity index (χ4v) is 3.50. The molecule has 2 nitrogen and oxygen atoms in total. The van der Waals surface area contributed by atoms with Crippen LogP contribution in [-0.2, 0) is 4.74 Å². The van der Waals surface area contributed by atoms with Crippen molar-refractivity contribution in [2.45, 2.75) is 85.3 Å². The third kappa shape index (κ3) is 5.43. The van der Waals surface area contributed by atoms with Gasteiger partial charge in [0.15, 0.2) is 0 Å². The highest BCUT2D eigenvalue weighted by molar-refractivity contribution is 4.91. The Bertz CT molecular complexity index is 226. The number of nitrogens with one attached hydrogen (secondary N) is 1. The summed E-state index contributed by atoms with van der Waals surface area (Å²) in [6, 6.07) is 0.517. The maximum atomic E-state index is 6.15. The molecule has 1 saturated carbocycles. The van der Waals surface area contributed by atoms with Gasteiger partial charge in [-0.25, -0.2) is 0 Å². The third-order valence-electron chi connectivity index (χ3n) is 4.37. The standard InChI is InChI=1S/C17H35NO/c1-6-18-15(14-12-10-8-9-11-13-14)16(19-7-2)17(3,4)5/h14-16,18H,6-13H2,1-5H3. The maximum absolute atomic E-state index is 6.15. The van der Waals surface area contributed by atoms with Crippen LogP contribution in [0.4, 0.5) is 0 Å². The Morgan fingerprint density at radius 3 is 2.05 bits per heavy atom. The summed E-state index contributed by atoms with van der Waals surface area (Å²) in [5, 5.41) is 3.75. The summed E-state index contributed by atoms with van der Waals surface area (Å²) in [5.41, 5.74) is 0.204. The zero-order chi connectivity index (χ0) is 14.3. The lowest BCUT2D eigenvalue weighted by molar-refractivity contribution is -0.0501. The van der Waals surface area contributed by atoms with Gasteiger partial charge >= 0.3 is 0 Å². The molecule has 1 aliphatic rings. The predicted molar refractivity (Wildman–Crippen MR) is 83.5 cm³/mol. The van der Waals surface area contributed by atoms with E-state index in [1.165, 1.54) is 38.5 Å². The summed E-state index contributed by atoms with van der Waals surface area (Å²) in [5.74, 6) is 0.790. The monoisotopic (exact) mass is 269 g/mol. The molecule has 0 saturated heterocycles. The zero-order valence-corrected chi connectivity index (χ0v) is 13.8. The van der Waals surface area contributed by atoms with Gasteiger partial charge in [0.25, 0.3) is 0 Å². The van der Waals surface area contributed by atoms with E-state index < -0.39 is 0 Å². The molecule has 0 heterocycles. The van der Waals surface area contributed by atoms with E-state index in [0.717, 1.165) is 19.1 Å². The van der Waals surface area contributed by atoms with Gasteiger partial charge in [0.05, 0.1) is 6.10 Å². The van der Waals surface area contributed by atoms with Gasteiger partial charge in [-0.3, -0.25) is 0 Å². The highest BCUT2D eigenvalue weighted by atomic mass is 16.5. The van der Waals surface area contributed by atoms with Gasteiger partial charge in [-0.1, -0.05) is 53.4 Å². The molecule has 1 N–H and O–H groups in total. The van der Waals surface area contributed by atoms with Crippen LogP contribution in [0, 0.1) is 11.3 Å². The van der Waals surface area contributed by atoms with Gasteiger partial charge in [0.1, 0.15) is 0 Å². The average molecular weight is 269 g/mol. The lowest BCUT2D eigenvalue weighted by atomic mass is 9.77. The number of hydrogen-bond donors (Lipinski definition) is 1. The normalized spacial score (nSPS) is 21.9. The van der Waals surface area contributed by atoms with Crippen LogP contribution >= 0.6 is 0 Å². The molecule has 19 heavy (non-hydrogen) atoms. The number of likely N-dealkylation sites (N-methyl/N-ethyl adjacent to an activating group) is 1. The molecule has 1 aliphatic carbocycles. The van der Waals surface area contributed by atoms with Crippen molar-refractivity contribution in [3.63, 3.8) is 0 Å². The topological polar surface area (TPSA) is 21.3 Å². The third-order valence-corrected chi connectivity index (χ3v) is 4.37. The summed E-state index contributed by atoms with van der Waals surface area (Å²) in [6.07, 6.45) is 8.70. The van der Waals surface area contributed by atoms with Crippen molar-refractivity contribution in [2.75, 3.05) is 13.2 Å². The molecule has 114 valence electrons. The Kier molecular flexibility index (Phi) is 7.38. The van der Waals surface area contributed by atoms with Gasteiger partial charge in [0.2, 0.25) is 0 Å². The molecule has 2 heteroatoms. The van der Waals surface area contributed by atoms with Crippen LogP contribution < -0.4 is 5.32 Å². The summed E-state index contributed by atoms with van der Waals surface area (Å²) in [7, 11) is 0. The van der Waals surface area contributed by atoms with Gasteiger partial charge < -0.3 is 10.1 Å². The van der Waals surface area contributed by atoms with Gasteiger partial charge in [0, 0.05) is 12.6 Å². The van der Waals surface area contributed by atoms with E-state index >= 15 is 0 Å². The van der Waals surface area contributed by atoms with Crippen LogP contribution in [0.5, 0.6) is 0 Å². The summed E-state index contributed by atoms with van der Waals surface area (Å²) >= 11 is 0. The molecule has 0 aromatic carbocycles. The molecule has 0 aliphatic heterocycles. The Hall–Kier alpha value is -0.0800. The number of rotatable bonds is 6. The van der Waals surface area contributed by atoms with Crippen molar-refractivity contribution in [1.29, 1.82) is 0 Å². The first-order chi connectivity index (χ1) is 9.00. The Labute approximate surface area is 120 Å². The van der Waals surface area contributed by atoms with Gasteiger partial charge in [-0.15, -0.1) is 0 Å². The Morgan fingerprint density at radius 2 is 1.63 bits per heavy atom. The van der Waals surface area contributed by atoms with Crippen LogP contribution in [0.1, 0.15) is 73.1 Å². The van der Waals surface area contributed by atoms with E-state index in [4.69, 9.17) is 4.74 Å². The molecule has 2 unspecified atom stereocenters. The summed E-state index contributed by atoms with van der Waals surface area (Å²) < 4.78 is 6.15. The van der Waals surface area contributed by atoms with Crippen LogP contribution in [0.2, 0.25) is 0 Å². The molecule has 0 amide bonds.